The molecule has 142 valence electrons. The smallest absolute Gasteiger partial charge is 0.277 e. The number of rotatable bonds is 6. The number of nitrogens with zero attached hydrogens (tertiary/aromatic N) is 2. The highest BCUT2D eigenvalue weighted by atomic mass is 79.9. The van der Waals surface area contributed by atoms with Gasteiger partial charge in [0, 0.05) is 22.2 Å². The molecule has 0 aliphatic carbocycles. The van der Waals surface area contributed by atoms with Crippen LogP contribution in [-0.4, -0.2) is 28.8 Å². The highest BCUT2D eigenvalue weighted by Gasteiger charge is 2.14. The van der Waals surface area contributed by atoms with Crippen molar-refractivity contribution in [2.75, 3.05) is 6.61 Å². The standard InChI is InChI=1S/C17H15Br2N3O5/c1-9-3-12(22(25)26)4-10(2)17(9)27-8-16(24)21-20-7-11-5-15(23)14(19)6-13(11)18/h3-7,23H,8H2,1-2H3,(H,21,24)/b20-7-. The van der Waals surface area contributed by atoms with Gasteiger partial charge < -0.3 is 9.84 Å². The number of halogens is 2. The first-order valence-electron chi connectivity index (χ1n) is 7.57. The molecule has 1 amide bonds. The number of carbonyl (C=O) groups is 1. The van der Waals surface area contributed by atoms with Gasteiger partial charge in [-0.05, 0) is 53.0 Å². The number of nitro groups is 1. The molecular weight excluding hydrogens is 486 g/mol. The van der Waals surface area contributed by atoms with Crippen molar-refractivity contribution in [3.63, 3.8) is 0 Å². The van der Waals surface area contributed by atoms with Crippen LogP contribution in [0.5, 0.6) is 11.5 Å². The van der Waals surface area contributed by atoms with Gasteiger partial charge in [-0.2, -0.15) is 5.10 Å². The number of hydrogen-bond acceptors (Lipinski definition) is 6. The predicted octanol–water partition coefficient (Wildman–Crippen LogP) is 3.97. The predicted molar refractivity (Wildman–Crippen MR) is 107 cm³/mol. The summed E-state index contributed by atoms with van der Waals surface area (Å²) in [5.41, 5.74) is 3.97. The van der Waals surface area contributed by atoms with Crippen LogP contribution in [0.1, 0.15) is 16.7 Å². The Morgan fingerprint density at radius 3 is 2.48 bits per heavy atom. The van der Waals surface area contributed by atoms with Crippen LogP contribution in [0.25, 0.3) is 0 Å². The summed E-state index contributed by atoms with van der Waals surface area (Å²) >= 11 is 6.51. The van der Waals surface area contributed by atoms with E-state index in [9.17, 15) is 20.0 Å². The van der Waals surface area contributed by atoms with Crippen LogP contribution in [0.2, 0.25) is 0 Å². The van der Waals surface area contributed by atoms with E-state index in [0.29, 0.717) is 31.4 Å². The molecule has 27 heavy (non-hydrogen) atoms. The number of phenolic OH excluding ortho intramolecular Hbond substituents is 1. The number of hydrazone groups is 1. The van der Waals surface area contributed by atoms with E-state index in [2.05, 4.69) is 42.4 Å². The minimum atomic E-state index is -0.499. The van der Waals surface area contributed by atoms with Crippen LogP contribution in [0.4, 0.5) is 5.69 Å². The van der Waals surface area contributed by atoms with Gasteiger partial charge >= 0.3 is 0 Å². The number of hydrogen-bond donors (Lipinski definition) is 2. The lowest BCUT2D eigenvalue weighted by molar-refractivity contribution is -0.385. The summed E-state index contributed by atoms with van der Waals surface area (Å²) in [6.45, 7) is 3.04. The second kappa shape index (κ2) is 8.96. The number of amides is 1. The second-order valence-corrected chi connectivity index (χ2v) is 7.28. The number of carbonyl (C=O) groups excluding carboxylic acids is 1. The summed E-state index contributed by atoms with van der Waals surface area (Å²) in [5.74, 6) is -0.0420. The molecule has 0 saturated carbocycles. The Morgan fingerprint density at radius 2 is 1.89 bits per heavy atom. The van der Waals surface area contributed by atoms with E-state index in [1.807, 2.05) is 0 Å². The lowest BCUT2D eigenvalue weighted by atomic mass is 10.1. The molecule has 0 radical (unpaired) electrons. The molecule has 0 aliphatic rings. The molecule has 0 atom stereocenters. The zero-order valence-corrected chi connectivity index (χ0v) is 17.5. The van der Waals surface area contributed by atoms with Crippen molar-refractivity contribution in [2.24, 2.45) is 5.10 Å². The molecule has 0 unspecified atom stereocenters. The van der Waals surface area contributed by atoms with Crippen LogP contribution in [0, 0.1) is 24.0 Å². The molecule has 0 bridgehead atoms. The molecule has 10 heteroatoms. The normalized spacial score (nSPS) is 10.8. The fourth-order valence-corrected chi connectivity index (χ4v) is 3.35. The average Bonchev–Trinajstić information content (AvgIpc) is 2.58. The molecule has 2 rings (SSSR count). The SMILES string of the molecule is Cc1cc([N+](=O)[O-])cc(C)c1OCC(=O)N/N=C\c1cc(O)c(Br)cc1Br. The second-order valence-electron chi connectivity index (χ2n) is 5.57. The molecule has 2 N–H and O–H groups in total. The lowest BCUT2D eigenvalue weighted by Crippen LogP contribution is -2.25. The highest BCUT2D eigenvalue weighted by molar-refractivity contribution is 9.11. The number of ether oxygens (including phenoxy) is 1. The fraction of sp³-hybridized carbons (Fsp3) is 0.176. The highest BCUT2D eigenvalue weighted by Crippen LogP contribution is 2.30. The zero-order valence-electron chi connectivity index (χ0n) is 14.3. The van der Waals surface area contributed by atoms with Crippen molar-refractivity contribution in [1.82, 2.24) is 5.43 Å². The van der Waals surface area contributed by atoms with Gasteiger partial charge in [0.15, 0.2) is 6.61 Å². The Hall–Kier alpha value is -2.46. The fourth-order valence-electron chi connectivity index (χ4n) is 2.26. The van der Waals surface area contributed by atoms with Crippen molar-refractivity contribution < 1.29 is 19.6 Å². The van der Waals surface area contributed by atoms with Crippen LogP contribution >= 0.6 is 31.9 Å². The van der Waals surface area contributed by atoms with Crippen molar-refractivity contribution >= 4 is 49.7 Å². The minimum Gasteiger partial charge on any atom is -0.507 e. The Labute approximate surface area is 171 Å². The third-order valence-corrected chi connectivity index (χ3v) is 4.78. The summed E-state index contributed by atoms with van der Waals surface area (Å²) < 4.78 is 6.67. The number of aromatic hydroxyl groups is 1. The van der Waals surface area contributed by atoms with Gasteiger partial charge in [-0.3, -0.25) is 14.9 Å². The lowest BCUT2D eigenvalue weighted by Gasteiger charge is -2.11. The number of benzene rings is 2. The van der Waals surface area contributed by atoms with Crippen molar-refractivity contribution in [2.45, 2.75) is 13.8 Å². The van der Waals surface area contributed by atoms with E-state index in [-0.39, 0.29) is 18.0 Å². The van der Waals surface area contributed by atoms with Crippen LogP contribution in [0.3, 0.4) is 0 Å². The van der Waals surface area contributed by atoms with Crippen LogP contribution in [0.15, 0.2) is 38.3 Å². The molecule has 8 nitrogen and oxygen atoms in total. The van der Waals surface area contributed by atoms with Gasteiger partial charge in [0.25, 0.3) is 11.6 Å². The summed E-state index contributed by atoms with van der Waals surface area (Å²) in [6, 6.07) is 5.90. The summed E-state index contributed by atoms with van der Waals surface area (Å²) in [5, 5.41) is 24.3. The zero-order chi connectivity index (χ0) is 20.1. The largest absolute Gasteiger partial charge is 0.507 e. The van der Waals surface area contributed by atoms with Crippen molar-refractivity contribution in [1.29, 1.82) is 0 Å². The van der Waals surface area contributed by atoms with E-state index < -0.39 is 10.8 Å². The van der Waals surface area contributed by atoms with Gasteiger partial charge in [-0.25, -0.2) is 5.43 Å². The van der Waals surface area contributed by atoms with Gasteiger partial charge in [0.05, 0.1) is 15.6 Å². The number of aryl methyl sites for hydroxylation is 2. The van der Waals surface area contributed by atoms with E-state index in [1.54, 1.807) is 19.9 Å². The van der Waals surface area contributed by atoms with E-state index in [0.717, 1.165) is 0 Å². The molecule has 0 aromatic heterocycles. The summed E-state index contributed by atoms with van der Waals surface area (Å²) in [4.78, 5) is 22.2. The van der Waals surface area contributed by atoms with Gasteiger partial charge in [0.2, 0.25) is 0 Å². The van der Waals surface area contributed by atoms with Crippen molar-refractivity contribution in [3.05, 3.63) is 60.0 Å². The monoisotopic (exact) mass is 499 g/mol. The molecular formula is C17H15Br2N3O5. The third kappa shape index (κ3) is 5.51. The minimum absolute atomic E-state index is 0.0327. The van der Waals surface area contributed by atoms with E-state index in [4.69, 9.17) is 4.74 Å². The van der Waals surface area contributed by atoms with Gasteiger partial charge in [-0.15, -0.1) is 0 Å². The van der Waals surface area contributed by atoms with Crippen molar-refractivity contribution in [3.8, 4) is 11.5 Å². The third-order valence-electron chi connectivity index (χ3n) is 3.46. The van der Waals surface area contributed by atoms with Crippen LogP contribution in [-0.2, 0) is 4.79 Å². The molecule has 0 fully saturated rings. The molecule has 0 spiro atoms. The number of nitrogens with one attached hydrogen (secondary N) is 1. The molecule has 2 aromatic carbocycles. The Kier molecular flexibility index (Phi) is 6.92. The quantitative estimate of drug-likeness (QED) is 0.354. The Morgan fingerprint density at radius 1 is 1.26 bits per heavy atom. The maximum atomic E-state index is 11.9. The Balaban J connectivity index is 1.97. The maximum Gasteiger partial charge on any atom is 0.277 e. The van der Waals surface area contributed by atoms with E-state index >= 15 is 0 Å². The first-order valence-corrected chi connectivity index (χ1v) is 9.16. The first kappa shape index (κ1) is 20.8. The summed E-state index contributed by atoms with van der Waals surface area (Å²) in [7, 11) is 0. The molecule has 2 aromatic rings. The number of phenols is 1. The number of non-ortho nitro benzene ring substituents is 1. The Bertz CT molecular complexity index is 908. The van der Waals surface area contributed by atoms with E-state index in [1.165, 1.54) is 24.4 Å². The molecule has 0 aliphatic heterocycles. The molecule has 0 saturated heterocycles. The maximum absolute atomic E-state index is 11.9. The molecule has 0 heterocycles. The average molecular weight is 501 g/mol. The van der Waals surface area contributed by atoms with Gasteiger partial charge in [0.1, 0.15) is 11.5 Å². The first-order chi connectivity index (χ1) is 12.7. The van der Waals surface area contributed by atoms with Crippen LogP contribution < -0.4 is 10.2 Å². The topological polar surface area (TPSA) is 114 Å². The number of nitro benzene ring substituents is 1. The van der Waals surface area contributed by atoms with Gasteiger partial charge in [-0.1, -0.05) is 15.9 Å². The summed E-state index contributed by atoms with van der Waals surface area (Å²) in [6.07, 6.45) is 1.37.